The normalized spacial score (nSPS) is 12.2. The van der Waals surface area contributed by atoms with E-state index < -0.39 is 0 Å². The molecule has 2 nitrogen and oxygen atoms in total. The number of hydrogen-bond donors (Lipinski definition) is 1. The minimum atomic E-state index is 0.290. The van der Waals surface area contributed by atoms with Crippen molar-refractivity contribution in [3.63, 3.8) is 0 Å². The molecule has 0 radical (unpaired) electrons. The molecule has 0 aliphatic carbocycles. The van der Waals surface area contributed by atoms with Crippen LogP contribution in [0.4, 0.5) is 0 Å². The first-order valence-electron chi connectivity index (χ1n) is 6.63. The number of hydrogen-bond acceptors (Lipinski definition) is 2. The SMILES string of the molecule is COc1ccccc1C(CN)Cc1cccc(C)c1. The quantitative estimate of drug-likeness (QED) is 0.889. The van der Waals surface area contributed by atoms with Crippen LogP contribution in [0.25, 0.3) is 0 Å². The summed E-state index contributed by atoms with van der Waals surface area (Å²) in [4.78, 5) is 0. The highest BCUT2D eigenvalue weighted by Gasteiger charge is 2.14. The Labute approximate surface area is 115 Å². The van der Waals surface area contributed by atoms with Crippen molar-refractivity contribution in [3.8, 4) is 5.75 Å². The minimum absolute atomic E-state index is 0.290. The second kappa shape index (κ2) is 6.39. The van der Waals surface area contributed by atoms with E-state index in [9.17, 15) is 0 Å². The molecule has 1 atom stereocenters. The molecule has 0 heterocycles. The van der Waals surface area contributed by atoms with Crippen molar-refractivity contribution in [2.24, 2.45) is 5.73 Å². The second-order valence-electron chi connectivity index (χ2n) is 4.87. The van der Waals surface area contributed by atoms with Gasteiger partial charge < -0.3 is 10.5 Å². The van der Waals surface area contributed by atoms with Crippen LogP contribution in [-0.4, -0.2) is 13.7 Å². The number of benzene rings is 2. The maximum absolute atomic E-state index is 5.96. The molecule has 0 aromatic heterocycles. The van der Waals surface area contributed by atoms with Crippen molar-refractivity contribution in [2.75, 3.05) is 13.7 Å². The van der Waals surface area contributed by atoms with Crippen molar-refractivity contribution < 1.29 is 4.74 Å². The first-order chi connectivity index (χ1) is 9.24. The van der Waals surface area contributed by atoms with Crippen LogP contribution in [0, 0.1) is 6.92 Å². The summed E-state index contributed by atoms with van der Waals surface area (Å²) in [6.45, 7) is 2.73. The fraction of sp³-hybridized carbons (Fsp3) is 0.294. The Kier molecular flexibility index (Phi) is 4.58. The highest BCUT2D eigenvalue weighted by atomic mass is 16.5. The summed E-state index contributed by atoms with van der Waals surface area (Å²) in [7, 11) is 1.71. The number of methoxy groups -OCH3 is 1. The fourth-order valence-electron chi connectivity index (χ4n) is 2.45. The summed E-state index contributed by atoms with van der Waals surface area (Å²) in [5, 5.41) is 0. The van der Waals surface area contributed by atoms with Crippen LogP contribution in [0.3, 0.4) is 0 Å². The van der Waals surface area contributed by atoms with Gasteiger partial charge in [-0.25, -0.2) is 0 Å². The largest absolute Gasteiger partial charge is 0.496 e. The van der Waals surface area contributed by atoms with Gasteiger partial charge in [-0.15, -0.1) is 0 Å². The van der Waals surface area contributed by atoms with Gasteiger partial charge in [0.1, 0.15) is 5.75 Å². The molecule has 1 unspecified atom stereocenters. The molecule has 0 saturated heterocycles. The highest BCUT2D eigenvalue weighted by Crippen LogP contribution is 2.28. The molecule has 2 aromatic carbocycles. The molecule has 100 valence electrons. The third-order valence-corrected chi connectivity index (χ3v) is 3.43. The van der Waals surface area contributed by atoms with E-state index in [2.05, 4.69) is 37.3 Å². The Hall–Kier alpha value is -1.80. The number of nitrogens with two attached hydrogens (primary N) is 1. The third kappa shape index (κ3) is 3.36. The maximum Gasteiger partial charge on any atom is 0.122 e. The van der Waals surface area contributed by atoms with Crippen LogP contribution in [0.2, 0.25) is 0 Å². The molecular formula is C17H21NO. The summed E-state index contributed by atoms with van der Waals surface area (Å²) < 4.78 is 5.43. The van der Waals surface area contributed by atoms with Gasteiger partial charge in [0.15, 0.2) is 0 Å². The molecule has 0 fully saturated rings. The Balaban J connectivity index is 2.25. The number of rotatable bonds is 5. The smallest absolute Gasteiger partial charge is 0.122 e. The first-order valence-corrected chi connectivity index (χ1v) is 6.63. The van der Waals surface area contributed by atoms with Crippen LogP contribution >= 0.6 is 0 Å². The van der Waals surface area contributed by atoms with Crippen molar-refractivity contribution >= 4 is 0 Å². The van der Waals surface area contributed by atoms with Gasteiger partial charge in [0.05, 0.1) is 7.11 Å². The van der Waals surface area contributed by atoms with E-state index in [-0.39, 0.29) is 5.92 Å². The van der Waals surface area contributed by atoms with Gasteiger partial charge in [0.2, 0.25) is 0 Å². The maximum atomic E-state index is 5.96. The predicted molar refractivity (Wildman–Crippen MR) is 79.7 cm³/mol. The monoisotopic (exact) mass is 255 g/mol. The van der Waals surface area contributed by atoms with E-state index in [4.69, 9.17) is 10.5 Å². The average Bonchev–Trinajstić information content (AvgIpc) is 2.45. The summed E-state index contributed by atoms with van der Waals surface area (Å²) >= 11 is 0. The molecule has 2 N–H and O–H groups in total. The third-order valence-electron chi connectivity index (χ3n) is 3.43. The number of aryl methyl sites for hydroxylation is 1. The zero-order chi connectivity index (χ0) is 13.7. The Morgan fingerprint density at radius 1 is 1.11 bits per heavy atom. The van der Waals surface area contributed by atoms with Gasteiger partial charge in [0, 0.05) is 5.92 Å². The molecule has 19 heavy (non-hydrogen) atoms. The van der Waals surface area contributed by atoms with E-state index >= 15 is 0 Å². The van der Waals surface area contributed by atoms with Crippen LogP contribution in [0.5, 0.6) is 5.75 Å². The summed E-state index contributed by atoms with van der Waals surface area (Å²) in [5.41, 5.74) is 9.75. The van der Waals surface area contributed by atoms with Crippen molar-refractivity contribution in [1.82, 2.24) is 0 Å². The van der Waals surface area contributed by atoms with Gasteiger partial charge >= 0.3 is 0 Å². The first kappa shape index (κ1) is 13.6. The lowest BCUT2D eigenvalue weighted by molar-refractivity contribution is 0.405. The van der Waals surface area contributed by atoms with E-state index in [0.29, 0.717) is 6.54 Å². The van der Waals surface area contributed by atoms with E-state index in [0.717, 1.165) is 12.2 Å². The number of para-hydroxylation sites is 1. The second-order valence-corrected chi connectivity index (χ2v) is 4.87. The van der Waals surface area contributed by atoms with Crippen LogP contribution < -0.4 is 10.5 Å². The zero-order valence-electron chi connectivity index (χ0n) is 11.6. The van der Waals surface area contributed by atoms with Crippen molar-refractivity contribution in [1.29, 1.82) is 0 Å². The lowest BCUT2D eigenvalue weighted by Crippen LogP contribution is -2.16. The molecule has 2 rings (SSSR count). The van der Waals surface area contributed by atoms with Gasteiger partial charge in [-0.1, -0.05) is 48.0 Å². The number of ether oxygens (including phenoxy) is 1. The van der Waals surface area contributed by atoms with Gasteiger partial charge in [0.25, 0.3) is 0 Å². The summed E-state index contributed by atoms with van der Waals surface area (Å²) in [5.74, 6) is 1.21. The van der Waals surface area contributed by atoms with Crippen molar-refractivity contribution in [2.45, 2.75) is 19.3 Å². The Morgan fingerprint density at radius 2 is 1.89 bits per heavy atom. The molecule has 0 spiro atoms. The van der Waals surface area contributed by atoms with Crippen LogP contribution in [-0.2, 0) is 6.42 Å². The topological polar surface area (TPSA) is 35.2 Å². The molecule has 0 bridgehead atoms. The standard InChI is InChI=1S/C17H21NO/c1-13-6-5-7-14(10-13)11-15(12-18)16-8-3-4-9-17(16)19-2/h3-10,15H,11-12,18H2,1-2H3. The lowest BCUT2D eigenvalue weighted by Gasteiger charge is -2.18. The zero-order valence-corrected chi connectivity index (χ0v) is 11.6. The molecule has 0 saturated carbocycles. The van der Waals surface area contributed by atoms with E-state index in [1.54, 1.807) is 7.11 Å². The molecular weight excluding hydrogens is 234 g/mol. The van der Waals surface area contributed by atoms with Crippen LogP contribution in [0.1, 0.15) is 22.6 Å². The van der Waals surface area contributed by atoms with Gasteiger partial charge in [-0.3, -0.25) is 0 Å². The summed E-state index contributed by atoms with van der Waals surface area (Å²) in [6.07, 6.45) is 0.943. The summed E-state index contributed by atoms with van der Waals surface area (Å²) in [6, 6.07) is 16.7. The predicted octanol–water partition coefficient (Wildman–Crippen LogP) is 3.29. The van der Waals surface area contributed by atoms with Crippen molar-refractivity contribution in [3.05, 3.63) is 65.2 Å². The van der Waals surface area contributed by atoms with Gasteiger partial charge in [-0.05, 0) is 37.1 Å². The van der Waals surface area contributed by atoms with Crippen LogP contribution in [0.15, 0.2) is 48.5 Å². The lowest BCUT2D eigenvalue weighted by atomic mass is 9.91. The molecule has 2 heteroatoms. The Bertz CT molecular complexity index is 536. The highest BCUT2D eigenvalue weighted by molar-refractivity contribution is 5.38. The Morgan fingerprint density at radius 3 is 2.58 bits per heavy atom. The van der Waals surface area contributed by atoms with E-state index in [1.807, 2.05) is 18.2 Å². The molecule has 0 aliphatic heterocycles. The minimum Gasteiger partial charge on any atom is -0.496 e. The molecule has 0 aliphatic rings. The molecule has 0 amide bonds. The molecule has 2 aromatic rings. The van der Waals surface area contributed by atoms with E-state index in [1.165, 1.54) is 16.7 Å². The van der Waals surface area contributed by atoms with Gasteiger partial charge in [-0.2, -0.15) is 0 Å². The average molecular weight is 255 g/mol. The fourth-order valence-corrected chi connectivity index (χ4v) is 2.45.